The lowest BCUT2D eigenvalue weighted by atomic mass is 10.1. The van der Waals surface area contributed by atoms with Gasteiger partial charge in [0.25, 0.3) is 0 Å². The molecule has 0 heterocycles. The van der Waals surface area contributed by atoms with Crippen LogP contribution in [0.3, 0.4) is 0 Å². The van der Waals surface area contributed by atoms with Gasteiger partial charge in [0.2, 0.25) is 0 Å². The average Bonchev–Trinajstić information content (AvgIpc) is 2.28. The molecule has 0 fully saturated rings. The Balaban J connectivity index is 2.52. The van der Waals surface area contributed by atoms with Gasteiger partial charge in [-0.05, 0) is 51.1 Å². The van der Waals surface area contributed by atoms with Gasteiger partial charge in [0, 0.05) is 16.4 Å². The van der Waals surface area contributed by atoms with Crippen LogP contribution in [-0.2, 0) is 0 Å². The SMILES string of the molecule is CC(c1cccc(Cl)c1)N(C)CCCCBr. The number of hydrogen-bond donors (Lipinski definition) is 0. The number of rotatable bonds is 6. The van der Waals surface area contributed by atoms with E-state index in [1.54, 1.807) is 0 Å². The standard InChI is InChI=1S/C13H19BrClN/c1-11(16(2)9-4-3-8-14)12-6-5-7-13(15)10-12/h5-7,10-11H,3-4,8-9H2,1-2H3. The van der Waals surface area contributed by atoms with E-state index >= 15 is 0 Å². The summed E-state index contributed by atoms with van der Waals surface area (Å²) in [5, 5.41) is 1.91. The monoisotopic (exact) mass is 303 g/mol. The zero-order chi connectivity index (χ0) is 12.0. The molecule has 0 saturated heterocycles. The lowest BCUT2D eigenvalue weighted by molar-refractivity contribution is 0.258. The second-order valence-corrected chi connectivity index (χ2v) is 5.34. The number of alkyl halides is 1. The van der Waals surface area contributed by atoms with Crippen LogP contribution in [0.15, 0.2) is 24.3 Å². The first-order valence-electron chi connectivity index (χ1n) is 5.67. The molecule has 1 nitrogen and oxygen atoms in total. The lowest BCUT2D eigenvalue weighted by Crippen LogP contribution is -2.23. The van der Waals surface area contributed by atoms with E-state index < -0.39 is 0 Å². The molecular weight excluding hydrogens is 286 g/mol. The highest BCUT2D eigenvalue weighted by Crippen LogP contribution is 2.21. The van der Waals surface area contributed by atoms with Crippen molar-refractivity contribution in [3.8, 4) is 0 Å². The molecule has 0 aliphatic heterocycles. The van der Waals surface area contributed by atoms with Gasteiger partial charge in [-0.2, -0.15) is 0 Å². The summed E-state index contributed by atoms with van der Waals surface area (Å²) in [6.07, 6.45) is 2.46. The summed E-state index contributed by atoms with van der Waals surface area (Å²) in [4.78, 5) is 2.37. The Morgan fingerprint density at radius 3 is 2.75 bits per heavy atom. The average molecular weight is 305 g/mol. The minimum atomic E-state index is 0.425. The summed E-state index contributed by atoms with van der Waals surface area (Å²) in [5.74, 6) is 0. The molecule has 1 unspecified atom stereocenters. The van der Waals surface area contributed by atoms with Crippen molar-refractivity contribution in [1.29, 1.82) is 0 Å². The van der Waals surface area contributed by atoms with E-state index in [-0.39, 0.29) is 0 Å². The van der Waals surface area contributed by atoms with Crippen LogP contribution in [0.4, 0.5) is 0 Å². The summed E-state index contributed by atoms with van der Waals surface area (Å²) >= 11 is 9.45. The summed E-state index contributed by atoms with van der Waals surface area (Å²) in [7, 11) is 2.17. The number of benzene rings is 1. The molecule has 0 aliphatic carbocycles. The van der Waals surface area contributed by atoms with E-state index in [1.165, 1.54) is 18.4 Å². The molecule has 0 radical (unpaired) electrons. The van der Waals surface area contributed by atoms with Gasteiger partial charge in [-0.3, -0.25) is 4.90 Å². The van der Waals surface area contributed by atoms with Crippen molar-refractivity contribution in [3.05, 3.63) is 34.9 Å². The predicted molar refractivity (Wildman–Crippen MR) is 75.5 cm³/mol. The van der Waals surface area contributed by atoms with Crippen molar-refractivity contribution < 1.29 is 0 Å². The molecule has 0 spiro atoms. The predicted octanol–water partition coefficient (Wildman–Crippen LogP) is 4.51. The van der Waals surface area contributed by atoms with Crippen molar-refractivity contribution in [1.82, 2.24) is 4.90 Å². The van der Waals surface area contributed by atoms with E-state index in [1.807, 2.05) is 18.2 Å². The van der Waals surface area contributed by atoms with E-state index in [0.717, 1.165) is 16.9 Å². The van der Waals surface area contributed by atoms with Crippen LogP contribution in [0.2, 0.25) is 5.02 Å². The maximum atomic E-state index is 6.00. The Morgan fingerprint density at radius 1 is 1.38 bits per heavy atom. The third-order valence-electron chi connectivity index (χ3n) is 2.89. The second-order valence-electron chi connectivity index (χ2n) is 4.11. The molecule has 0 bridgehead atoms. The quantitative estimate of drug-likeness (QED) is 0.552. The van der Waals surface area contributed by atoms with Gasteiger partial charge in [-0.15, -0.1) is 0 Å². The first-order valence-corrected chi connectivity index (χ1v) is 7.16. The van der Waals surface area contributed by atoms with E-state index in [4.69, 9.17) is 11.6 Å². The summed E-state index contributed by atoms with van der Waals surface area (Å²) in [6.45, 7) is 3.35. The summed E-state index contributed by atoms with van der Waals surface area (Å²) in [5.41, 5.74) is 1.29. The highest BCUT2D eigenvalue weighted by Gasteiger charge is 2.10. The number of nitrogens with zero attached hydrogens (tertiary/aromatic N) is 1. The highest BCUT2D eigenvalue weighted by atomic mass is 79.9. The van der Waals surface area contributed by atoms with Crippen molar-refractivity contribution in [2.24, 2.45) is 0 Å². The van der Waals surface area contributed by atoms with Gasteiger partial charge in [-0.1, -0.05) is 39.7 Å². The van der Waals surface area contributed by atoms with Crippen molar-refractivity contribution in [2.75, 3.05) is 18.9 Å². The fourth-order valence-electron chi connectivity index (χ4n) is 1.67. The molecule has 1 rings (SSSR count). The van der Waals surface area contributed by atoms with Gasteiger partial charge >= 0.3 is 0 Å². The maximum Gasteiger partial charge on any atom is 0.0409 e. The van der Waals surface area contributed by atoms with Gasteiger partial charge in [-0.25, -0.2) is 0 Å². The minimum absolute atomic E-state index is 0.425. The fraction of sp³-hybridized carbons (Fsp3) is 0.538. The Hall–Kier alpha value is -0.0500. The van der Waals surface area contributed by atoms with Gasteiger partial charge < -0.3 is 0 Å². The molecule has 0 aromatic heterocycles. The third kappa shape index (κ3) is 4.44. The molecule has 3 heteroatoms. The molecule has 1 aromatic rings. The van der Waals surface area contributed by atoms with Crippen LogP contribution in [0.25, 0.3) is 0 Å². The molecule has 1 atom stereocenters. The maximum absolute atomic E-state index is 6.00. The first kappa shape index (κ1) is 14.0. The summed E-state index contributed by atoms with van der Waals surface area (Å²) < 4.78 is 0. The van der Waals surface area contributed by atoms with Crippen LogP contribution in [0.5, 0.6) is 0 Å². The molecule has 16 heavy (non-hydrogen) atoms. The van der Waals surface area contributed by atoms with E-state index in [0.29, 0.717) is 6.04 Å². The van der Waals surface area contributed by atoms with Crippen molar-refractivity contribution >= 4 is 27.5 Å². The van der Waals surface area contributed by atoms with Crippen molar-refractivity contribution in [3.63, 3.8) is 0 Å². The van der Waals surface area contributed by atoms with Crippen LogP contribution < -0.4 is 0 Å². The van der Waals surface area contributed by atoms with Gasteiger partial charge in [0.15, 0.2) is 0 Å². The van der Waals surface area contributed by atoms with E-state index in [9.17, 15) is 0 Å². The molecule has 0 amide bonds. The normalized spacial score (nSPS) is 13.1. The van der Waals surface area contributed by atoms with Gasteiger partial charge in [0.1, 0.15) is 0 Å². The van der Waals surface area contributed by atoms with Crippen LogP contribution in [0.1, 0.15) is 31.4 Å². The van der Waals surface area contributed by atoms with E-state index in [2.05, 4.69) is 40.9 Å². The first-order chi connectivity index (χ1) is 7.65. The van der Waals surface area contributed by atoms with Crippen molar-refractivity contribution in [2.45, 2.75) is 25.8 Å². The summed E-state index contributed by atoms with van der Waals surface area (Å²) in [6, 6.07) is 8.54. The Labute approximate surface area is 112 Å². The highest BCUT2D eigenvalue weighted by molar-refractivity contribution is 9.09. The molecule has 0 saturated carbocycles. The molecule has 90 valence electrons. The Morgan fingerprint density at radius 2 is 2.12 bits per heavy atom. The molecular formula is C13H19BrClN. The Bertz CT molecular complexity index is 317. The zero-order valence-corrected chi connectivity index (χ0v) is 12.3. The smallest absolute Gasteiger partial charge is 0.0409 e. The van der Waals surface area contributed by atoms with Crippen LogP contribution in [-0.4, -0.2) is 23.8 Å². The number of halogens is 2. The fourth-order valence-corrected chi connectivity index (χ4v) is 2.27. The van der Waals surface area contributed by atoms with Gasteiger partial charge in [0.05, 0.1) is 0 Å². The molecule has 0 N–H and O–H groups in total. The third-order valence-corrected chi connectivity index (χ3v) is 3.68. The molecule has 0 aliphatic rings. The lowest BCUT2D eigenvalue weighted by Gasteiger charge is -2.25. The molecule has 1 aromatic carbocycles. The number of unbranched alkanes of at least 4 members (excludes halogenated alkanes) is 1. The van der Waals surface area contributed by atoms with Crippen LogP contribution >= 0.6 is 27.5 Å². The topological polar surface area (TPSA) is 3.24 Å². The zero-order valence-electron chi connectivity index (χ0n) is 9.92. The minimum Gasteiger partial charge on any atom is -0.300 e. The van der Waals surface area contributed by atoms with Crippen LogP contribution in [0, 0.1) is 0 Å². The Kier molecular flexibility index (Phi) is 6.40. The second kappa shape index (κ2) is 7.31. The number of hydrogen-bond acceptors (Lipinski definition) is 1. The largest absolute Gasteiger partial charge is 0.300 e.